The standard InChI is InChI=1S/C11H20N4O/c1-4-16-6-5-10-13-9(8(2)3)7-11(14-10)15-12/h7-8H,4-6,12H2,1-3H3,(H,13,14,15). The number of nitrogen functional groups attached to an aromatic ring is 1. The van der Waals surface area contributed by atoms with Gasteiger partial charge in [-0.15, -0.1) is 0 Å². The second-order valence-corrected chi connectivity index (χ2v) is 3.84. The van der Waals surface area contributed by atoms with Crippen molar-refractivity contribution in [3.8, 4) is 0 Å². The maximum atomic E-state index is 5.37. The van der Waals surface area contributed by atoms with E-state index in [1.807, 2.05) is 13.0 Å². The summed E-state index contributed by atoms with van der Waals surface area (Å²) in [4.78, 5) is 8.74. The molecule has 5 nitrogen and oxygen atoms in total. The van der Waals surface area contributed by atoms with Crippen LogP contribution in [0.5, 0.6) is 0 Å². The number of aromatic nitrogens is 2. The van der Waals surface area contributed by atoms with Gasteiger partial charge in [0.25, 0.3) is 0 Å². The number of rotatable bonds is 6. The lowest BCUT2D eigenvalue weighted by atomic mass is 10.1. The Morgan fingerprint density at radius 1 is 1.44 bits per heavy atom. The normalized spacial score (nSPS) is 10.8. The molecule has 0 amide bonds. The number of anilines is 1. The first kappa shape index (κ1) is 12.9. The predicted molar refractivity (Wildman–Crippen MR) is 64.1 cm³/mol. The van der Waals surface area contributed by atoms with E-state index in [4.69, 9.17) is 10.6 Å². The molecule has 0 atom stereocenters. The quantitative estimate of drug-likeness (QED) is 0.435. The summed E-state index contributed by atoms with van der Waals surface area (Å²) in [5.41, 5.74) is 3.56. The number of hydrogen-bond donors (Lipinski definition) is 2. The van der Waals surface area contributed by atoms with Gasteiger partial charge in [0, 0.05) is 24.8 Å². The molecule has 0 bridgehead atoms. The first-order valence-electron chi connectivity index (χ1n) is 5.59. The van der Waals surface area contributed by atoms with Crippen LogP contribution in [0.15, 0.2) is 6.07 Å². The van der Waals surface area contributed by atoms with Crippen molar-refractivity contribution < 1.29 is 4.74 Å². The van der Waals surface area contributed by atoms with Crippen LogP contribution in [0.2, 0.25) is 0 Å². The van der Waals surface area contributed by atoms with Crippen molar-refractivity contribution in [2.24, 2.45) is 5.84 Å². The minimum atomic E-state index is 0.362. The van der Waals surface area contributed by atoms with E-state index < -0.39 is 0 Å². The van der Waals surface area contributed by atoms with Crippen molar-refractivity contribution in [2.45, 2.75) is 33.1 Å². The number of nitrogens with two attached hydrogens (primary N) is 1. The van der Waals surface area contributed by atoms with Crippen molar-refractivity contribution in [1.29, 1.82) is 0 Å². The van der Waals surface area contributed by atoms with E-state index in [2.05, 4.69) is 29.2 Å². The third-order valence-electron chi connectivity index (χ3n) is 2.21. The van der Waals surface area contributed by atoms with Crippen LogP contribution < -0.4 is 11.3 Å². The molecule has 5 heteroatoms. The zero-order chi connectivity index (χ0) is 12.0. The Morgan fingerprint density at radius 3 is 2.75 bits per heavy atom. The monoisotopic (exact) mass is 224 g/mol. The molecule has 1 rings (SSSR count). The van der Waals surface area contributed by atoms with Gasteiger partial charge in [-0.2, -0.15) is 0 Å². The third kappa shape index (κ3) is 3.75. The van der Waals surface area contributed by atoms with Gasteiger partial charge in [0.1, 0.15) is 11.6 Å². The number of hydrogen-bond acceptors (Lipinski definition) is 5. The SMILES string of the molecule is CCOCCc1nc(NN)cc(C(C)C)n1. The maximum Gasteiger partial charge on any atom is 0.143 e. The molecule has 0 saturated heterocycles. The second-order valence-electron chi connectivity index (χ2n) is 3.84. The Morgan fingerprint density at radius 2 is 2.19 bits per heavy atom. The van der Waals surface area contributed by atoms with Crippen LogP contribution >= 0.6 is 0 Å². The largest absolute Gasteiger partial charge is 0.381 e. The van der Waals surface area contributed by atoms with Gasteiger partial charge in [0.2, 0.25) is 0 Å². The van der Waals surface area contributed by atoms with Gasteiger partial charge in [0.05, 0.1) is 6.61 Å². The van der Waals surface area contributed by atoms with Crippen LogP contribution in [0, 0.1) is 0 Å². The van der Waals surface area contributed by atoms with E-state index in [0.717, 1.165) is 11.5 Å². The molecule has 1 aromatic heterocycles. The highest BCUT2D eigenvalue weighted by Gasteiger charge is 2.07. The molecule has 0 fully saturated rings. The van der Waals surface area contributed by atoms with E-state index in [9.17, 15) is 0 Å². The minimum absolute atomic E-state index is 0.362. The number of ether oxygens (including phenoxy) is 1. The molecule has 0 radical (unpaired) electrons. The highest BCUT2D eigenvalue weighted by Crippen LogP contribution is 2.15. The summed E-state index contributed by atoms with van der Waals surface area (Å²) in [7, 11) is 0. The molecule has 3 N–H and O–H groups in total. The Kier molecular flexibility index (Phi) is 5.14. The van der Waals surface area contributed by atoms with Crippen LogP contribution in [-0.4, -0.2) is 23.2 Å². The van der Waals surface area contributed by atoms with Crippen LogP contribution in [0.1, 0.15) is 38.2 Å². The highest BCUT2D eigenvalue weighted by molar-refractivity contribution is 5.35. The highest BCUT2D eigenvalue weighted by atomic mass is 16.5. The van der Waals surface area contributed by atoms with Gasteiger partial charge < -0.3 is 10.2 Å². The van der Waals surface area contributed by atoms with Crippen molar-refractivity contribution >= 4 is 5.82 Å². The summed E-state index contributed by atoms with van der Waals surface area (Å²) in [6.07, 6.45) is 0.711. The fourth-order valence-corrected chi connectivity index (χ4v) is 1.31. The molecule has 0 aliphatic heterocycles. The number of hydrazine groups is 1. The Bertz CT molecular complexity index is 328. The molecule has 1 aromatic rings. The Balaban J connectivity index is 2.78. The Labute approximate surface area is 96.4 Å². The molecule has 0 spiro atoms. The molecule has 1 heterocycles. The number of nitrogens with zero attached hydrogens (tertiary/aromatic N) is 2. The lowest BCUT2D eigenvalue weighted by Gasteiger charge is -2.09. The minimum Gasteiger partial charge on any atom is -0.381 e. The van der Waals surface area contributed by atoms with Crippen LogP contribution in [0.4, 0.5) is 5.82 Å². The summed E-state index contributed by atoms with van der Waals surface area (Å²) in [6.45, 7) is 7.51. The van der Waals surface area contributed by atoms with Crippen LogP contribution in [0.25, 0.3) is 0 Å². The first-order chi connectivity index (χ1) is 7.67. The lowest BCUT2D eigenvalue weighted by Crippen LogP contribution is -2.13. The van der Waals surface area contributed by atoms with Gasteiger partial charge in [-0.1, -0.05) is 13.8 Å². The zero-order valence-electron chi connectivity index (χ0n) is 10.2. The van der Waals surface area contributed by atoms with Gasteiger partial charge in [-0.05, 0) is 12.8 Å². The van der Waals surface area contributed by atoms with E-state index in [1.165, 1.54) is 0 Å². The summed E-state index contributed by atoms with van der Waals surface area (Å²) < 4.78 is 5.28. The number of nitrogens with one attached hydrogen (secondary N) is 1. The first-order valence-corrected chi connectivity index (χ1v) is 5.59. The predicted octanol–water partition coefficient (Wildman–Crippen LogP) is 1.46. The van der Waals surface area contributed by atoms with Crippen molar-refractivity contribution in [3.05, 3.63) is 17.6 Å². The molecule has 0 unspecified atom stereocenters. The fourth-order valence-electron chi connectivity index (χ4n) is 1.31. The van der Waals surface area contributed by atoms with Crippen molar-refractivity contribution in [3.63, 3.8) is 0 Å². The van der Waals surface area contributed by atoms with Crippen LogP contribution in [-0.2, 0) is 11.2 Å². The average Bonchev–Trinajstić information content (AvgIpc) is 2.29. The molecular formula is C11H20N4O. The molecule has 16 heavy (non-hydrogen) atoms. The molecule has 0 saturated carbocycles. The Hall–Kier alpha value is -1.20. The molecular weight excluding hydrogens is 204 g/mol. The second kappa shape index (κ2) is 6.40. The topological polar surface area (TPSA) is 73.1 Å². The van der Waals surface area contributed by atoms with Gasteiger partial charge in [0.15, 0.2) is 0 Å². The molecule has 0 aromatic carbocycles. The maximum absolute atomic E-state index is 5.37. The summed E-state index contributed by atoms with van der Waals surface area (Å²) in [6, 6.07) is 1.87. The molecule has 0 aliphatic carbocycles. The summed E-state index contributed by atoms with van der Waals surface area (Å²) in [5.74, 6) is 7.16. The summed E-state index contributed by atoms with van der Waals surface area (Å²) in [5, 5.41) is 0. The van der Waals surface area contributed by atoms with Gasteiger partial charge >= 0.3 is 0 Å². The van der Waals surface area contributed by atoms with Crippen molar-refractivity contribution in [2.75, 3.05) is 18.6 Å². The van der Waals surface area contributed by atoms with Crippen molar-refractivity contribution in [1.82, 2.24) is 9.97 Å². The lowest BCUT2D eigenvalue weighted by molar-refractivity contribution is 0.149. The average molecular weight is 224 g/mol. The smallest absolute Gasteiger partial charge is 0.143 e. The fraction of sp³-hybridized carbons (Fsp3) is 0.636. The molecule has 0 aliphatic rings. The van der Waals surface area contributed by atoms with Crippen LogP contribution in [0.3, 0.4) is 0 Å². The van der Waals surface area contributed by atoms with Gasteiger partial charge in [-0.3, -0.25) is 0 Å². The molecule has 90 valence electrons. The van der Waals surface area contributed by atoms with E-state index >= 15 is 0 Å². The summed E-state index contributed by atoms with van der Waals surface area (Å²) >= 11 is 0. The van der Waals surface area contributed by atoms with E-state index in [1.54, 1.807) is 0 Å². The van der Waals surface area contributed by atoms with E-state index in [-0.39, 0.29) is 0 Å². The zero-order valence-corrected chi connectivity index (χ0v) is 10.2. The van der Waals surface area contributed by atoms with E-state index in [0.29, 0.717) is 31.4 Å². The van der Waals surface area contributed by atoms with Gasteiger partial charge in [-0.25, -0.2) is 15.8 Å². The third-order valence-corrected chi connectivity index (χ3v) is 2.21.